The van der Waals surface area contributed by atoms with E-state index in [2.05, 4.69) is 25.2 Å². The molecule has 0 saturated heterocycles. The van der Waals surface area contributed by atoms with Crippen molar-refractivity contribution < 1.29 is 4.79 Å². The highest BCUT2D eigenvalue weighted by Gasteiger charge is 2.20. The molecule has 0 saturated carbocycles. The van der Waals surface area contributed by atoms with Crippen LogP contribution in [0.25, 0.3) is 0 Å². The molecule has 3 unspecified atom stereocenters. The molecule has 0 heterocycles. The van der Waals surface area contributed by atoms with Crippen LogP contribution >= 0.6 is 0 Å². The number of nitrogens with zero attached hydrogens (tertiary/aromatic N) is 1. The van der Waals surface area contributed by atoms with Crippen LogP contribution in [0.4, 0.5) is 0 Å². The molecule has 0 spiro atoms. The van der Waals surface area contributed by atoms with Crippen molar-refractivity contribution in [2.24, 2.45) is 11.8 Å². The second-order valence-electron chi connectivity index (χ2n) is 5.66. The number of hydrogen-bond donors (Lipinski definition) is 1. The Hall–Kier alpha value is -0.830. The second kappa shape index (κ2) is 6.20. The maximum Gasteiger partial charge on any atom is 0.238 e. The molecule has 1 aliphatic rings. The van der Waals surface area contributed by atoms with Crippen molar-refractivity contribution in [2.75, 3.05) is 20.6 Å². The van der Waals surface area contributed by atoms with Crippen molar-refractivity contribution in [3.05, 3.63) is 11.6 Å². The van der Waals surface area contributed by atoms with Gasteiger partial charge in [-0.1, -0.05) is 18.6 Å². The topological polar surface area (TPSA) is 32.3 Å². The van der Waals surface area contributed by atoms with E-state index < -0.39 is 0 Å². The fourth-order valence-electron chi connectivity index (χ4n) is 2.66. The van der Waals surface area contributed by atoms with Gasteiger partial charge in [0.1, 0.15) is 0 Å². The number of hydrogen-bond acceptors (Lipinski definition) is 2. The van der Waals surface area contributed by atoms with Gasteiger partial charge in [0.05, 0.1) is 6.04 Å². The van der Waals surface area contributed by atoms with Crippen LogP contribution in [0, 0.1) is 11.8 Å². The lowest BCUT2D eigenvalue weighted by Crippen LogP contribution is -2.43. The van der Waals surface area contributed by atoms with Gasteiger partial charge in [0.25, 0.3) is 0 Å². The second-order valence-corrected chi connectivity index (χ2v) is 5.66. The van der Waals surface area contributed by atoms with Crippen molar-refractivity contribution in [2.45, 2.75) is 39.7 Å². The van der Waals surface area contributed by atoms with Crippen LogP contribution in [0.3, 0.4) is 0 Å². The molecule has 1 amide bonds. The van der Waals surface area contributed by atoms with Crippen LogP contribution < -0.4 is 5.32 Å². The summed E-state index contributed by atoms with van der Waals surface area (Å²) in [5, 5.41) is 3.36. The van der Waals surface area contributed by atoms with Crippen molar-refractivity contribution in [1.82, 2.24) is 10.2 Å². The summed E-state index contributed by atoms with van der Waals surface area (Å²) < 4.78 is 0. The quantitative estimate of drug-likeness (QED) is 0.760. The molecule has 1 aliphatic carbocycles. The molecule has 3 nitrogen and oxygen atoms in total. The molecule has 3 atom stereocenters. The van der Waals surface area contributed by atoms with Gasteiger partial charge in [-0.3, -0.25) is 4.79 Å². The third kappa shape index (κ3) is 4.50. The molecule has 0 radical (unpaired) electrons. The zero-order valence-electron chi connectivity index (χ0n) is 11.8. The normalized spacial score (nSPS) is 26.3. The molecule has 0 fully saturated rings. The number of allylic oxidation sites excluding steroid dienone is 2. The molecule has 98 valence electrons. The Labute approximate surface area is 105 Å². The van der Waals surface area contributed by atoms with E-state index in [1.165, 1.54) is 18.4 Å². The summed E-state index contributed by atoms with van der Waals surface area (Å²) in [7, 11) is 3.60. The Balaban J connectivity index is 2.36. The van der Waals surface area contributed by atoms with Crippen LogP contribution in [0.15, 0.2) is 11.6 Å². The summed E-state index contributed by atoms with van der Waals surface area (Å²) in [6.07, 6.45) is 4.76. The fourth-order valence-corrected chi connectivity index (χ4v) is 2.66. The van der Waals surface area contributed by atoms with E-state index in [9.17, 15) is 4.79 Å². The minimum atomic E-state index is -0.0773. The molecule has 1 rings (SSSR count). The number of rotatable bonds is 4. The van der Waals surface area contributed by atoms with Gasteiger partial charge in [-0.25, -0.2) is 0 Å². The third-order valence-electron chi connectivity index (χ3n) is 3.41. The third-order valence-corrected chi connectivity index (χ3v) is 3.41. The lowest BCUT2D eigenvalue weighted by atomic mass is 9.83. The van der Waals surface area contributed by atoms with E-state index in [-0.39, 0.29) is 11.9 Å². The van der Waals surface area contributed by atoms with E-state index in [1.54, 1.807) is 19.0 Å². The average Bonchev–Trinajstić information content (AvgIpc) is 2.23. The first-order valence-electron chi connectivity index (χ1n) is 6.52. The van der Waals surface area contributed by atoms with Crippen LogP contribution in [0.2, 0.25) is 0 Å². The highest BCUT2D eigenvalue weighted by atomic mass is 16.2. The van der Waals surface area contributed by atoms with Crippen molar-refractivity contribution in [1.29, 1.82) is 0 Å². The zero-order valence-corrected chi connectivity index (χ0v) is 11.8. The van der Waals surface area contributed by atoms with Gasteiger partial charge in [0.2, 0.25) is 5.91 Å². The first-order chi connectivity index (χ1) is 7.90. The van der Waals surface area contributed by atoms with Gasteiger partial charge in [-0.05, 0) is 45.1 Å². The summed E-state index contributed by atoms with van der Waals surface area (Å²) in [6.45, 7) is 7.36. The highest BCUT2D eigenvalue weighted by Crippen LogP contribution is 2.27. The van der Waals surface area contributed by atoms with Crippen LogP contribution in [-0.4, -0.2) is 37.5 Å². The Morgan fingerprint density at radius 3 is 2.76 bits per heavy atom. The van der Waals surface area contributed by atoms with Gasteiger partial charge < -0.3 is 10.2 Å². The fraction of sp³-hybridized carbons (Fsp3) is 0.786. The molecule has 0 aromatic rings. The SMILES string of the molecule is CC1=CC(C)CC(CNC(C)C(=O)N(C)C)C1. The number of nitrogens with one attached hydrogen (secondary N) is 1. The molecule has 1 N–H and O–H groups in total. The average molecular weight is 238 g/mol. The maximum atomic E-state index is 11.7. The van der Waals surface area contributed by atoms with Crippen molar-refractivity contribution >= 4 is 5.91 Å². The van der Waals surface area contributed by atoms with Crippen LogP contribution in [0.1, 0.15) is 33.6 Å². The van der Waals surface area contributed by atoms with E-state index in [4.69, 9.17) is 0 Å². The molecule has 0 bridgehead atoms. The van der Waals surface area contributed by atoms with Gasteiger partial charge in [0, 0.05) is 14.1 Å². The predicted octanol–water partition coefficient (Wildman–Crippen LogP) is 2.05. The molecule has 3 heteroatoms. The number of carbonyl (C=O) groups excluding carboxylic acids is 1. The summed E-state index contributed by atoms with van der Waals surface area (Å²) in [5.74, 6) is 1.50. The summed E-state index contributed by atoms with van der Waals surface area (Å²) in [6, 6.07) is -0.0773. The minimum absolute atomic E-state index is 0.0773. The van der Waals surface area contributed by atoms with Gasteiger partial charge in [0.15, 0.2) is 0 Å². The number of amides is 1. The first-order valence-corrected chi connectivity index (χ1v) is 6.52. The molecule has 0 aromatic carbocycles. The van der Waals surface area contributed by atoms with E-state index >= 15 is 0 Å². The molecule has 17 heavy (non-hydrogen) atoms. The molecular weight excluding hydrogens is 212 g/mol. The summed E-state index contributed by atoms with van der Waals surface area (Å²) in [4.78, 5) is 13.3. The predicted molar refractivity (Wildman–Crippen MR) is 71.8 cm³/mol. The summed E-state index contributed by atoms with van der Waals surface area (Å²) in [5.41, 5.74) is 1.49. The van der Waals surface area contributed by atoms with Crippen LogP contribution in [0.5, 0.6) is 0 Å². The molecule has 0 aromatic heterocycles. The largest absolute Gasteiger partial charge is 0.347 e. The number of likely N-dealkylation sites (N-methyl/N-ethyl adjacent to an activating group) is 1. The van der Waals surface area contributed by atoms with E-state index in [0.29, 0.717) is 11.8 Å². The standard InChI is InChI=1S/C14H26N2O/c1-10-6-11(2)8-13(7-10)9-15-12(3)14(17)16(4)5/h6,10,12-13,15H,7-9H2,1-5H3. The lowest BCUT2D eigenvalue weighted by molar-refractivity contribution is -0.130. The Morgan fingerprint density at radius 2 is 2.24 bits per heavy atom. The Bertz CT molecular complexity index is 297. The Kier molecular flexibility index (Phi) is 5.19. The van der Waals surface area contributed by atoms with Gasteiger partial charge >= 0.3 is 0 Å². The smallest absolute Gasteiger partial charge is 0.238 e. The lowest BCUT2D eigenvalue weighted by Gasteiger charge is -2.27. The first kappa shape index (κ1) is 14.2. The zero-order chi connectivity index (χ0) is 13.0. The van der Waals surface area contributed by atoms with Gasteiger partial charge in [-0.2, -0.15) is 0 Å². The maximum absolute atomic E-state index is 11.7. The molecular formula is C14H26N2O. The number of carbonyl (C=O) groups is 1. The van der Waals surface area contributed by atoms with Crippen molar-refractivity contribution in [3.63, 3.8) is 0 Å². The van der Waals surface area contributed by atoms with Crippen molar-refractivity contribution in [3.8, 4) is 0 Å². The summed E-state index contributed by atoms with van der Waals surface area (Å²) >= 11 is 0. The highest BCUT2D eigenvalue weighted by molar-refractivity contribution is 5.80. The van der Waals surface area contributed by atoms with E-state index in [1.807, 2.05) is 6.92 Å². The van der Waals surface area contributed by atoms with Gasteiger partial charge in [-0.15, -0.1) is 0 Å². The monoisotopic (exact) mass is 238 g/mol. The minimum Gasteiger partial charge on any atom is -0.347 e. The molecule has 0 aliphatic heterocycles. The Morgan fingerprint density at radius 1 is 1.59 bits per heavy atom. The van der Waals surface area contributed by atoms with E-state index in [0.717, 1.165) is 6.54 Å². The van der Waals surface area contributed by atoms with Crippen LogP contribution in [-0.2, 0) is 4.79 Å².